The van der Waals surface area contributed by atoms with Crippen LogP contribution >= 0.6 is 0 Å². The summed E-state index contributed by atoms with van der Waals surface area (Å²) in [6, 6.07) is 11.4. The van der Waals surface area contributed by atoms with Crippen molar-refractivity contribution in [2.24, 2.45) is 0 Å². The van der Waals surface area contributed by atoms with Crippen molar-refractivity contribution in [1.82, 2.24) is 14.5 Å². The molecule has 0 aromatic heterocycles. The van der Waals surface area contributed by atoms with E-state index in [9.17, 15) is 22.4 Å². The van der Waals surface area contributed by atoms with Crippen LogP contribution in [0, 0.1) is 12.7 Å². The first-order valence-electron chi connectivity index (χ1n) is 10.9. The molecule has 0 heterocycles. The number of nitrogens with one attached hydrogen (secondary N) is 1. The van der Waals surface area contributed by atoms with Crippen molar-refractivity contribution in [3.8, 4) is 0 Å². The van der Waals surface area contributed by atoms with E-state index in [0.29, 0.717) is 6.54 Å². The molecular weight excluding hydrogens is 445 g/mol. The van der Waals surface area contributed by atoms with Crippen molar-refractivity contribution >= 4 is 21.8 Å². The molecule has 0 aliphatic carbocycles. The molecule has 2 amide bonds. The Kier molecular flexibility index (Phi) is 9.55. The second kappa shape index (κ2) is 11.9. The second-order valence-corrected chi connectivity index (χ2v) is 10.1. The summed E-state index contributed by atoms with van der Waals surface area (Å²) >= 11 is 0. The molecular formula is C24H32FN3O4S. The highest BCUT2D eigenvalue weighted by Crippen LogP contribution is 2.17. The van der Waals surface area contributed by atoms with Crippen LogP contribution in [0.3, 0.4) is 0 Å². The van der Waals surface area contributed by atoms with Crippen LogP contribution < -0.4 is 5.32 Å². The van der Waals surface area contributed by atoms with Gasteiger partial charge >= 0.3 is 0 Å². The molecule has 9 heteroatoms. The third-order valence-corrected chi connectivity index (χ3v) is 7.20. The maximum absolute atomic E-state index is 14.3. The van der Waals surface area contributed by atoms with Gasteiger partial charge in [0.05, 0.1) is 11.4 Å². The average Bonchev–Trinajstić information content (AvgIpc) is 2.78. The fraction of sp³-hybridized carbons (Fsp3) is 0.417. The number of carbonyl (C=O) groups is 2. The number of nitrogens with zero attached hydrogens (tertiary/aromatic N) is 2. The van der Waals surface area contributed by atoms with E-state index in [1.54, 1.807) is 25.1 Å². The van der Waals surface area contributed by atoms with Gasteiger partial charge in [-0.05, 0) is 38.5 Å². The first-order chi connectivity index (χ1) is 15.6. The number of halogens is 1. The Hall–Kier alpha value is -2.78. The van der Waals surface area contributed by atoms with Crippen LogP contribution in [0.15, 0.2) is 53.4 Å². The summed E-state index contributed by atoms with van der Waals surface area (Å²) in [6.45, 7) is 5.20. The minimum Gasteiger partial charge on any atom is -0.354 e. The summed E-state index contributed by atoms with van der Waals surface area (Å²) in [5, 5.41) is 2.78. The molecule has 2 aromatic rings. The number of rotatable bonds is 11. The van der Waals surface area contributed by atoms with Crippen molar-refractivity contribution in [2.75, 3.05) is 20.1 Å². The van der Waals surface area contributed by atoms with Gasteiger partial charge in [-0.25, -0.2) is 12.8 Å². The van der Waals surface area contributed by atoms with Gasteiger partial charge in [0.2, 0.25) is 21.8 Å². The smallest absolute Gasteiger partial charge is 0.243 e. The van der Waals surface area contributed by atoms with E-state index < -0.39 is 34.3 Å². The Labute approximate surface area is 195 Å². The van der Waals surface area contributed by atoms with Gasteiger partial charge in [0.1, 0.15) is 11.9 Å². The van der Waals surface area contributed by atoms with Gasteiger partial charge in [-0.1, -0.05) is 49.2 Å². The number of hydrogen-bond donors (Lipinski definition) is 1. The fourth-order valence-electron chi connectivity index (χ4n) is 3.19. The van der Waals surface area contributed by atoms with Gasteiger partial charge in [-0.3, -0.25) is 9.59 Å². The van der Waals surface area contributed by atoms with Crippen molar-refractivity contribution < 1.29 is 22.4 Å². The van der Waals surface area contributed by atoms with Crippen molar-refractivity contribution in [3.63, 3.8) is 0 Å². The van der Waals surface area contributed by atoms with Crippen LogP contribution in [0.25, 0.3) is 0 Å². The number of hydrogen-bond acceptors (Lipinski definition) is 4. The summed E-state index contributed by atoms with van der Waals surface area (Å²) in [6.07, 6.45) is 1.69. The molecule has 33 heavy (non-hydrogen) atoms. The van der Waals surface area contributed by atoms with E-state index >= 15 is 0 Å². The lowest BCUT2D eigenvalue weighted by Gasteiger charge is -2.30. The number of aryl methyl sites for hydroxylation is 1. The standard InChI is InChI=1S/C24H32FN3O4S/c1-5-6-15-26-24(30)19(3)28(16-20-9-7-8-10-22(20)25)23(29)17-27(4)33(31,32)21-13-11-18(2)12-14-21/h7-14,19H,5-6,15-17H2,1-4H3,(H,26,30). The van der Waals surface area contributed by atoms with E-state index in [1.807, 2.05) is 13.8 Å². The Morgan fingerprint density at radius 3 is 2.33 bits per heavy atom. The molecule has 0 aliphatic heterocycles. The molecule has 0 bridgehead atoms. The second-order valence-electron chi connectivity index (χ2n) is 8.01. The van der Waals surface area contributed by atoms with Crippen LogP contribution in [0.4, 0.5) is 4.39 Å². The topological polar surface area (TPSA) is 86.8 Å². The van der Waals surface area contributed by atoms with E-state index in [-0.39, 0.29) is 22.9 Å². The van der Waals surface area contributed by atoms with Gasteiger partial charge in [0.25, 0.3) is 0 Å². The van der Waals surface area contributed by atoms with E-state index in [0.717, 1.165) is 22.7 Å². The fourth-order valence-corrected chi connectivity index (χ4v) is 4.31. The van der Waals surface area contributed by atoms with Gasteiger partial charge in [0, 0.05) is 25.7 Å². The van der Waals surface area contributed by atoms with E-state index in [2.05, 4.69) is 5.32 Å². The molecule has 7 nitrogen and oxygen atoms in total. The normalized spacial score (nSPS) is 12.4. The Morgan fingerprint density at radius 1 is 1.09 bits per heavy atom. The van der Waals surface area contributed by atoms with Crippen LogP contribution in [0.5, 0.6) is 0 Å². The van der Waals surface area contributed by atoms with Gasteiger partial charge in [0.15, 0.2) is 0 Å². The summed E-state index contributed by atoms with van der Waals surface area (Å²) in [7, 11) is -2.61. The predicted molar refractivity (Wildman–Crippen MR) is 125 cm³/mol. The van der Waals surface area contributed by atoms with Gasteiger partial charge in [-0.15, -0.1) is 0 Å². The Balaban J connectivity index is 2.25. The summed E-state index contributed by atoms with van der Waals surface area (Å²) in [5.74, 6) is -1.48. The van der Waals surface area contributed by atoms with E-state index in [1.165, 1.54) is 42.3 Å². The molecule has 0 saturated heterocycles. The van der Waals surface area contributed by atoms with Gasteiger partial charge < -0.3 is 10.2 Å². The third-order valence-electron chi connectivity index (χ3n) is 5.38. The lowest BCUT2D eigenvalue weighted by Crippen LogP contribution is -2.50. The predicted octanol–water partition coefficient (Wildman–Crippen LogP) is 3.09. The SMILES string of the molecule is CCCCNC(=O)C(C)N(Cc1ccccc1F)C(=O)CN(C)S(=O)(=O)c1ccc(C)cc1. The zero-order valence-electron chi connectivity index (χ0n) is 19.5. The number of unbranched alkanes of at least 4 members (excludes halogenated alkanes) is 1. The third kappa shape index (κ3) is 7.10. The zero-order chi connectivity index (χ0) is 24.6. The molecule has 1 unspecified atom stereocenters. The van der Waals surface area contributed by atoms with Crippen molar-refractivity contribution in [2.45, 2.75) is 51.1 Å². The van der Waals surface area contributed by atoms with Crippen LogP contribution in [0.2, 0.25) is 0 Å². The highest BCUT2D eigenvalue weighted by atomic mass is 32.2. The molecule has 1 atom stereocenters. The molecule has 0 saturated carbocycles. The van der Waals surface area contributed by atoms with Gasteiger partial charge in [-0.2, -0.15) is 4.31 Å². The summed E-state index contributed by atoms with van der Waals surface area (Å²) in [5.41, 5.74) is 1.15. The minimum atomic E-state index is -3.92. The summed E-state index contributed by atoms with van der Waals surface area (Å²) in [4.78, 5) is 27.1. The number of carbonyl (C=O) groups excluding carboxylic acids is 2. The highest BCUT2D eigenvalue weighted by molar-refractivity contribution is 7.89. The maximum Gasteiger partial charge on any atom is 0.243 e. The Bertz CT molecular complexity index is 1060. The average molecular weight is 478 g/mol. The largest absolute Gasteiger partial charge is 0.354 e. The summed E-state index contributed by atoms with van der Waals surface area (Å²) < 4.78 is 41.0. The number of sulfonamides is 1. The van der Waals surface area contributed by atoms with Crippen LogP contribution in [-0.4, -0.2) is 55.6 Å². The molecule has 2 aromatic carbocycles. The number of amides is 2. The minimum absolute atomic E-state index is 0.0643. The molecule has 1 N–H and O–H groups in total. The van der Waals surface area contributed by atoms with Crippen LogP contribution in [0.1, 0.15) is 37.8 Å². The lowest BCUT2D eigenvalue weighted by molar-refractivity contribution is -0.140. The highest BCUT2D eigenvalue weighted by Gasteiger charge is 2.30. The van der Waals surface area contributed by atoms with Crippen LogP contribution in [-0.2, 0) is 26.2 Å². The van der Waals surface area contributed by atoms with E-state index in [4.69, 9.17) is 0 Å². The number of likely N-dealkylation sites (N-methyl/N-ethyl adjacent to an activating group) is 1. The molecule has 2 rings (SSSR count). The molecule has 0 radical (unpaired) electrons. The lowest BCUT2D eigenvalue weighted by atomic mass is 10.1. The molecule has 0 fully saturated rings. The zero-order valence-corrected chi connectivity index (χ0v) is 20.4. The quantitative estimate of drug-likeness (QED) is 0.504. The maximum atomic E-state index is 14.3. The first-order valence-corrected chi connectivity index (χ1v) is 12.4. The monoisotopic (exact) mass is 477 g/mol. The number of benzene rings is 2. The molecule has 0 aliphatic rings. The molecule has 0 spiro atoms. The first kappa shape index (κ1) is 26.5. The Morgan fingerprint density at radius 2 is 1.73 bits per heavy atom. The molecule has 180 valence electrons. The van der Waals surface area contributed by atoms with Crippen molar-refractivity contribution in [3.05, 3.63) is 65.5 Å². The van der Waals surface area contributed by atoms with Crippen molar-refractivity contribution in [1.29, 1.82) is 0 Å².